The van der Waals surface area contributed by atoms with E-state index in [1.807, 2.05) is 6.92 Å². The van der Waals surface area contributed by atoms with Crippen LogP contribution in [0.1, 0.15) is 11.3 Å². The molecule has 0 saturated heterocycles. The molecule has 0 radical (unpaired) electrons. The number of hydrogen-bond donors (Lipinski definition) is 2. The predicted octanol–water partition coefficient (Wildman–Crippen LogP) is 0.384. The molecular formula is C12H13N5O2S. The third-order valence-corrected chi connectivity index (χ3v) is 3.67. The molecular weight excluding hydrogens is 278 g/mol. The number of amidine groups is 1. The minimum atomic E-state index is -3.75. The third kappa shape index (κ3) is 3.29. The second kappa shape index (κ2) is 5.66. The number of nitrogens with one attached hydrogen (secondary N) is 1. The summed E-state index contributed by atoms with van der Waals surface area (Å²) in [5.41, 5.74) is 6.88. The molecule has 8 heteroatoms. The summed E-state index contributed by atoms with van der Waals surface area (Å²) in [6.07, 6.45) is 4.30. The van der Waals surface area contributed by atoms with Crippen molar-refractivity contribution in [1.82, 2.24) is 14.8 Å². The fourth-order valence-corrected chi connectivity index (χ4v) is 2.19. The maximum Gasteiger partial charge on any atom is 0.276 e. The Labute approximate surface area is 116 Å². The van der Waals surface area contributed by atoms with E-state index >= 15 is 0 Å². The first-order chi connectivity index (χ1) is 9.49. The fraction of sp³-hybridized carbons (Fsp3) is 0.0833. The number of aryl methyl sites for hydroxylation is 1. The molecule has 0 amide bonds. The summed E-state index contributed by atoms with van der Waals surface area (Å²) in [6, 6.07) is 6.38. The van der Waals surface area contributed by atoms with Gasteiger partial charge < -0.3 is 5.73 Å². The second-order valence-electron chi connectivity index (χ2n) is 4.00. The Bertz CT molecular complexity index is 711. The van der Waals surface area contributed by atoms with Gasteiger partial charge >= 0.3 is 0 Å². The van der Waals surface area contributed by atoms with Crippen molar-refractivity contribution in [3.8, 4) is 0 Å². The fourth-order valence-electron chi connectivity index (χ4n) is 1.37. The molecule has 2 rings (SSSR count). The van der Waals surface area contributed by atoms with Crippen LogP contribution >= 0.6 is 0 Å². The Morgan fingerprint density at radius 3 is 2.55 bits per heavy atom. The standard InChI is InChI=1S/C12H13N5O2S/c1-9-2-4-10(5-3-9)20(18,19)17-16-12(13)11-8-14-6-7-15-11/h2-8,17H,1H3,(H2,13,16). The average Bonchev–Trinajstić information content (AvgIpc) is 2.46. The Morgan fingerprint density at radius 2 is 1.95 bits per heavy atom. The largest absolute Gasteiger partial charge is 0.380 e. The third-order valence-electron chi connectivity index (χ3n) is 2.44. The van der Waals surface area contributed by atoms with Gasteiger partial charge in [0.25, 0.3) is 10.0 Å². The molecule has 0 aliphatic carbocycles. The van der Waals surface area contributed by atoms with Crippen LogP contribution in [0.25, 0.3) is 0 Å². The van der Waals surface area contributed by atoms with Gasteiger partial charge in [-0.25, -0.2) is 4.98 Å². The predicted molar refractivity (Wildman–Crippen MR) is 74.3 cm³/mol. The summed E-state index contributed by atoms with van der Waals surface area (Å²) in [7, 11) is -3.75. The Kier molecular flexibility index (Phi) is 3.94. The molecule has 0 spiro atoms. The van der Waals surface area contributed by atoms with E-state index in [9.17, 15) is 8.42 Å². The maximum absolute atomic E-state index is 12.0. The first-order valence-electron chi connectivity index (χ1n) is 5.67. The number of nitrogens with two attached hydrogens (primary N) is 1. The van der Waals surface area contributed by atoms with Gasteiger partial charge in [0.15, 0.2) is 5.84 Å². The monoisotopic (exact) mass is 291 g/mol. The van der Waals surface area contributed by atoms with Crippen LogP contribution in [0.2, 0.25) is 0 Å². The van der Waals surface area contributed by atoms with Crippen molar-refractivity contribution in [2.45, 2.75) is 11.8 Å². The van der Waals surface area contributed by atoms with Crippen LogP contribution in [0.5, 0.6) is 0 Å². The Morgan fingerprint density at radius 1 is 1.25 bits per heavy atom. The highest BCUT2D eigenvalue weighted by atomic mass is 32.2. The highest BCUT2D eigenvalue weighted by molar-refractivity contribution is 7.89. The zero-order valence-corrected chi connectivity index (χ0v) is 11.5. The van der Waals surface area contributed by atoms with E-state index in [0.717, 1.165) is 5.56 Å². The summed E-state index contributed by atoms with van der Waals surface area (Å²) in [4.78, 5) is 9.90. The van der Waals surface area contributed by atoms with Crippen molar-refractivity contribution in [1.29, 1.82) is 0 Å². The molecule has 104 valence electrons. The molecule has 0 saturated carbocycles. The van der Waals surface area contributed by atoms with E-state index in [2.05, 4.69) is 19.9 Å². The van der Waals surface area contributed by atoms with Crippen molar-refractivity contribution >= 4 is 15.9 Å². The molecule has 1 heterocycles. The molecule has 0 aliphatic rings. The molecule has 0 bridgehead atoms. The van der Waals surface area contributed by atoms with E-state index in [1.54, 1.807) is 12.1 Å². The lowest BCUT2D eigenvalue weighted by atomic mass is 10.2. The van der Waals surface area contributed by atoms with Crippen LogP contribution in [-0.2, 0) is 10.0 Å². The van der Waals surface area contributed by atoms with Crippen LogP contribution in [0, 0.1) is 6.92 Å². The van der Waals surface area contributed by atoms with E-state index in [4.69, 9.17) is 5.73 Å². The van der Waals surface area contributed by atoms with Gasteiger partial charge in [-0.05, 0) is 19.1 Å². The zero-order valence-electron chi connectivity index (χ0n) is 10.7. The lowest BCUT2D eigenvalue weighted by Gasteiger charge is -2.05. The molecule has 0 unspecified atom stereocenters. The van der Waals surface area contributed by atoms with Gasteiger partial charge in [0.2, 0.25) is 0 Å². The molecule has 7 nitrogen and oxygen atoms in total. The number of benzene rings is 1. The maximum atomic E-state index is 12.0. The van der Waals surface area contributed by atoms with Gasteiger partial charge in [-0.15, -0.1) is 5.10 Å². The summed E-state index contributed by atoms with van der Waals surface area (Å²) in [5.74, 6) is -0.0613. The quantitative estimate of drug-likeness (QED) is 0.481. The summed E-state index contributed by atoms with van der Waals surface area (Å²) < 4.78 is 23.9. The number of aromatic nitrogens is 2. The lowest BCUT2D eigenvalue weighted by molar-refractivity contribution is 0.584. The molecule has 0 aliphatic heterocycles. The first-order valence-corrected chi connectivity index (χ1v) is 7.15. The van der Waals surface area contributed by atoms with E-state index in [-0.39, 0.29) is 10.7 Å². The van der Waals surface area contributed by atoms with Crippen LogP contribution in [0.3, 0.4) is 0 Å². The van der Waals surface area contributed by atoms with Gasteiger partial charge in [0.05, 0.1) is 11.1 Å². The van der Waals surface area contributed by atoms with Gasteiger partial charge in [0, 0.05) is 12.4 Å². The molecule has 1 aromatic carbocycles. The van der Waals surface area contributed by atoms with Crippen molar-refractivity contribution in [3.05, 3.63) is 54.1 Å². The van der Waals surface area contributed by atoms with E-state index in [0.29, 0.717) is 5.69 Å². The van der Waals surface area contributed by atoms with Crippen molar-refractivity contribution in [3.63, 3.8) is 0 Å². The van der Waals surface area contributed by atoms with Crippen molar-refractivity contribution in [2.75, 3.05) is 0 Å². The van der Waals surface area contributed by atoms with Crippen LogP contribution < -0.4 is 10.6 Å². The lowest BCUT2D eigenvalue weighted by Crippen LogP contribution is -2.24. The van der Waals surface area contributed by atoms with Gasteiger partial charge in [-0.1, -0.05) is 17.7 Å². The number of nitrogens with zero attached hydrogens (tertiary/aromatic N) is 3. The minimum Gasteiger partial charge on any atom is -0.380 e. The molecule has 2 aromatic rings. The molecule has 0 fully saturated rings. The Hall–Kier alpha value is -2.48. The highest BCUT2D eigenvalue weighted by Gasteiger charge is 2.12. The van der Waals surface area contributed by atoms with Crippen LogP contribution in [-0.4, -0.2) is 24.2 Å². The normalized spacial score (nSPS) is 12.2. The molecule has 3 N–H and O–H groups in total. The van der Waals surface area contributed by atoms with Crippen LogP contribution in [0.4, 0.5) is 0 Å². The van der Waals surface area contributed by atoms with Crippen molar-refractivity contribution < 1.29 is 8.42 Å². The number of rotatable bonds is 4. The average molecular weight is 291 g/mol. The Balaban J connectivity index is 2.19. The summed E-state index contributed by atoms with van der Waals surface area (Å²) >= 11 is 0. The first kappa shape index (κ1) is 13.9. The van der Waals surface area contributed by atoms with Crippen LogP contribution in [0.15, 0.2) is 52.9 Å². The smallest absolute Gasteiger partial charge is 0.276 e. The van der Waals surface area contributed by atoms with Gasteiger partial charge in [-0.2, -0.15) is 13.2 Å². The molecule has 1 aromatic heterocycles. The van der Waals surface area contributed by atoms with Gasteiger partial charge in [0.1, 0.15) is 5.69 Å². The minimum absolute atomic E-state index is 0.0613. The highest BCUT2D eigenvalue weighted by Crippen LogP contribution is 2.09. The molecule has 0 atom stereocenters. The summed E-state index contributed by atoms with van der Waals surface area (Å²) in [5, 5.41) is 3.62. The zero-order chi connectivity index (χ0) is 14.6. The number of sulfonamides is 1. The van der Waals surface area contributed by atoms with Gasteiger partial charge in [-0.3, -0.25) is 4.98 Å². The number of hydrogen-bond acceptors (Lipinski definition) is 5. The second-order valence-corrected chi connectivity index (χ2v) is 5.66. The number of hydrazone groups is 1. The van der Waals surface area contributed by atoms with E-state index < -0.39 is 10.0 Å². The topological polar surface area (TPSA) is 110 Å². The molecule has 20 heavy (non-hydrogen) atoms. The SMILES string of the molecule is Cc1ccc(S(=O)(=O)N/N=C(\N)c2cnccn2)cc1. The summed E-state index contributed by atoms with van der Waals surface area (Å²) in [6.45, 7) is 1.87. The van der Waals surface area contributed by atoms with E-state index in [1.165, 1.54) is 30.7 Å². The van der Waals surface area contributed by atoms with Crippen molar-refractivity contribution in [2.24, 2.45) is 10.8 Å².